The third-order valence-electron chi connectivity index (χ3n) is 2.85. The average Bonchev–Trinajstić information content (AvgIpc) is 2.42. The van der Waals surface area contributed by atoms with Crippen LogP contribution in [-0.4, -0.2) is 5.91 Å². The number of aryl methyl sites for hydroxylation is 1. The number of hydrogen-bond acceptors (Lipinski definition) is 3. The zero-order valence-electron chi connectivity index (χ0n) is 10.7. The van der Waals surface area contributed by atoms with Gasteiger partial charge >= 0.3 is 0 Å². The fraction of sp³-hybridized carbons (Fsp3) is 0.0714. The lowest BCUT2D eigenvalue weighted by Gasteiger charge is -2.10. The van der Waals surface area contributed by atoms with E-state index in [-0.39, 0.29) is 5.56 Å². The summed E-state index contributed by atoms with van der Waals surface area (Å²) in [6, 6.07) is 8.07. The number of amides is 1. The minimum absolute atomic E-state index is 0.282. The number of benzene rings is 2. The smallest absolute Gasteiger partial charge is 0.255 e. The summed E-state index contributed by atoms with van der Waals surface area (Å²) in [6.45, 7) is 1.76. The Balaban J connectivity index is 2.26. The molecular formula is C14H13F2N3O. The quantitative estimate of drug-likeness (QED) is 0.597. The molecule has 20 heavy (non-hydrogen) atoms. The highest BCUT2D eigenvalue weighted by Crippen LogP contribution is 2.20. The first kappa shape index (κ1) is 14.0. The Kier molecular flexibility index (Phi) is 3.95. The normalized spacial score (nSPS) is 10.2. The zero-order valence-corrected chi connectivity index (χ0v) is 10.7. The van der Waals surface area contributed by atoms with Gasteiger partial charge in [-0.1, -0.05) is 6.07 Å². The van der Waals surface area contributed by atoms with E-state index in [0.29, 0.717) is 5.69 Å². The molecule has 0 saturated carbocycles. The third kappa shape index (κ3) is 2.75. The van der Waals surface area contributed by atoms with Gasteiger partial charge in [0.2, 0.25) is 0 Å². The Hall–Kier alpha value is -2.47. The van der Waals surface area contributed by atoms with E-state index in [2.05, 4.69) is 10.7 Å². The van der Waals surface area contributed by atoms with E-state index in [4.69, 9.17) is 5.84 Å². The topological polar surface area (TPSA) is 67.2 Å². The Morgan fingerprint density at radius 2 is 1.80 bits per heavy atom. The molecular weight excluding hydrogens is 264 g/mol. The molecule has 2 rings (SSSR count). The fourth-order valence-corrected chi connectivity index (χ4v) is 1.77. The van der Waals surface area contributed by atoms with E-state index in [1.165, 1.54) is 12.1 Å². The van der Waals surface area contributed by atoms with Gasteiger partial charge in [-0.2, -0.15) is 0 Å². The van der Waals surface area contributed by atoms with Gasteiger partial charge in [0.15, 0.2) is 0 Å². The van der Waals surface area contributed by atoms with Crippen molar-refractivity contribution in [3.8, 4) is 0 Å². The molecule has 0 atom stereocenters. The molecule has 4 N–H and O–H groups in total. The summed E-state index contributed by atoms with van der Waals surface area (Å²) in [6.07, 6.45) is 0. The second-order valence-corrected chi connectivity index (χ2v) is 4.22. The highest BCUT2D eigenvalue weighted by Gasteiger charge is 2.13. The lowest BCUT2D eigenvalue weighted by atomic mass is 10.1. The van der Waals surface area contributed by atoms with Crippen LogP contribution in [0, 0.1) is 18.6 Å². The highest BCUT2D eigenvalue weighted by molar-refractivity contribution is 6.04. The van der Waals surface area contributed by atoms with Crippen LogP contribution < -0.4 is 16.6 Å². The number of hydrazine groups is 1. The number of anilines is 2. The van der Waals surface area contributed by atoms with Gasteiger partial charge in [0.05, 0.1) is 5.69 Å². The zero-order chi connectivity index (χ0) is 14.7. The van der Waals surface area contributed by atoms with Crippen molar-refractivity contribution < 1.29 is 13.6 Å². The number of hydrogen-bond donors (Lipinski definition) is 3. The summed E-state index contributed by atoms with van der Waals surface area (Å²) in [5, 5.41) is 2.22. The molecule has 0 radical (unpaired) electrons. The summed E-state index contributed by atoms with van der Waals surface area (Å²) < 4.78 is 26.9. The molecule has 0 bridgehead atoms. The molecule has 0 unspecified atom stereocenters. The number of carbonyl (C=O) groups is 1. The van der Waals surface area contributed by atoms with Crippen molar-refractivity contribution >= 4 is 17.3 Å². The molecule has 4 nitrogen and oxygen atoms in total. The second-order valence-electron chi connectivity index (χ2n) is 4.22. The predicted octanol–water partition coefficient (Wildman–Crippen LogP) is 2.81. The van der Waals surface area contributed by atoms with Crippen LogP contribution in [0.15, 0.2) is 36.4 Å². The Morgan fingerprint density at radius 3 is 2.35 bits per heavy atom. The van der Waals surface area contributed by atoms with Crippen LogP contribution in [0.25, 0.3) is 0 Å². The lowest BCUT2D eigenvalue weighted by molar-refractivity contribution is 0.102. The number of nitrogens with two attached hydrogens (primary N) is 1. The standard InChI is InChI=1S/C14H13F2N3O/c1-8-7-9(5-6-12(8)19-17)14(20)18-13-10(15)3-2-4-11(13)16/h2-7,19H,17H2,1H3,(H,18,20). The SMILES string of the molecule is Cc1cc(C(=O)Nc2c(F)cccc2F)ccc1NN. The molecule has 2 aromatic carbocycles. The van der Waals surface area contributed by atoms with E-state index in [9.17, 15) is 13.6 Å². The molecule has 0 saturated heterocycles. The van der Waals surface area contributed by atoms with Crippen molar-refractivity contribution in [2.75, 3.05) is 10.7 Å². The van der Waals surface area contributed by atoms with Crippen LogP contribution in [0.4, 0.5) is 20.2 Å². The third-order valence-corrected chi connectivity index (χ3v) is 2.85. The monoisotopic (exact) mass is 277 g/mol. The average molecular weight is 277 g/mol. The van der Waals surface area contributed by atoms with Gasteiger partial charge in [0.25, 0.3) is 5.91 Å². The molecule has 0 heterocycles. The maximum atomic E-state index is 13.4. The van der Waals surface area contributed by atoms with Gasteiger partial charge in [-0.15, -0.1) is 0 Å². The molecule has 0 fully saturated rings. The van der Waals surface area contributed by atoms with E-state index < -0.39 is 23.2 Å². The number of carbonyl (C=O) groups excluding carboxylic acids is 1. The summed E-state index contributed by atoms with van der Waals surface area (Å²) in [4.78, 5) is 12.0. The van der Waals surface area contributed by atoms with Crippen molar-refractivity contribution in [1.82, 2.24) is 0 Å². The molecule has 6 heteroatoms. The maximum Gasteiger partial charge on any atom is 0.255 e. The van der Waals surface area contributed by atoms with Gasteiger partial charge in [0.1, 0.15) is 17.3 Å². The minimum atomic E-state index is -0.824. The molecule has 0 aliphatic heterocycles. The van der Waals surface area contributed by atoms with Gasteiger partial charge in [-0.05, 0) is 42.8 Å². The number of nitrogen functional groups attached to an aromatic ring is 1. The summed E-state index contributed by atoms with van der Waals surface area (Å²) in [5.74, 6) is 3.05. The van der Waals surface area contributed by atoms with Crippen LogP contribution in [-0.2, 0) is 0 Å². The molecule has 1 amide bonds. The number of halogens is 2. The first-order valence-corrected chi connectivity index (χ1v) is 5.85. The van der Waals surface area contributed by atoms with E-state index in [0.717, 1.165) is 17.7 Å². The van der Waals surface area contributed by atoms with Crippen LogP contribution in [0.3, 0.4) is 0 Å². The molecule has 0 aliphatic rings. The molecule has 0 aromatic heterocycles. The Bertz CT molecular complexity index is 639. The van der Waals surface area contributed by atoms with Gasteiger partial charge in [0, 0.05) is 5.56 Å². The van der Waals surface area contributed by atoms with Crippen LogP contribution >= 0.6 is 0 Å². The largest absolute Gasteiger partial charge is 0.324 e. The van der Waals surface area contributed by atoms with Crippen molar-refractivity contribution in [3.05, 3.63) is 59.2 Å². The lowest BCUT2D eigenvalue weighted by Crippen LogP contribution is -2.15. The fourth-order valence-electron chi connectivity index (χ4n) is 1.77. The molecule has 2 aromatic rings. The Labute approximate surface area is 114 Å². The van der Waals surface area contributed by atoms with Crippen LogP contribution in [0.5, 0.6) is 0 Å². The second kappa shape index (κ2) is 5.66. The van der Waals surface area contributed by atoms with Crippen LogP contribution in [0.1, 0.15) is 15.9 Å². The molecule has 0 aliphatic carbocycles. The first-order valence-electron chi connectivity index (χ1n) is 5.85. The molecule has 104 valence electrons. The van der Waals surface area contributed by atoms with E-state index in [1.54, 1.807) is 19.1 Å². The van der Waals surface area contributed by atoms with Gasteiger partial charge < -0.3 is 10.7 Å². The van der Waals surface area contributed by atoms with Crippen molar-refractivity contribution in [2.45, 2.75) is 6.92 Å². The molecule has 0 spiro atoms. The summed E-state index contributed by atoms with van der Waals surface area (Å²) in [5.41, 5.74) is 3.71. The van der Waals surface area contributed by atoms with Crippen molar-refractivity contribution in [3.63, 3.8) is 0 Å². The first-order chi connectivity index (χ1) is 9.52. The minimum Gasteiger partial charge on any atom is -0.324 e. The summed E-state index contributed by atoms with van der Waals surface area (Å²) in [7, 11) is 0. The van der Waals surface area contributed by atoms with Crippen molar-refractivity contribution in [1.29, 1.82) is 0 Å². The van der Waals surface area contributed by atoms with Gasteiger partial charge in [-0.25, -0.2) is 8.78 Å². The Morgan fingerprint density at radius 1 is 1.15 bits per heavy atom. The predicted molar refractivity (Wildman–Crippen MR) is 73.3 cm³/mol. The number of nitrogens with one attached hydrogen (secondary N) is 2. The van der Waals surface area contributed by atoms with Crippen LogP contribution in [0.2, 0.25) is 0 Å². The maximum absolute atomic E-state index is 13.4. The van der Waals surface area contributed by atoms with Crippen molar-refractivity contribution in [2.24, 2.45) is 5.84 Å². The number of rotatable bonds is 3. The number of para-hydroxylation sites is 1. The van der Waals surface area contributed by atoms with E-state index in [1.807, 2.05) is 0 Å². The van der Waals surface area contributed by atoms with Gasteiger partial charge in [-0.3, -0.25) is 10.6 Å². The summed E-state index contributed by atoms with van der Waals surface area (Å²) >= 11 is 0. The van der Waals surface area contributed by atoms with E-state index >= 15 is 0 Å². The highest BCUT2D eigenvalue weighted by atomic mass is 19.1.